The van der Waals surface area contributed by atoms with Crippen molar-refractivity contribution in [1.29, 1.82) is 0 Å². The van der Waals surface area contributed by atoms with E-state index in [0.29, 0.717) is 0 Å². The van der Waals surface area contributed by atoms with E-state index in [1.165, 1.54) is 63.5 Å². The molecule has 0 saturated heterocycles. The predicted molar refractivity (Wildman–Crippen MR) is 102 cm³/mol. The van der Waals surface area contributed by atoms with Crippen LogP contribution in [0.2, 0.25) is 0 Å². The standard InChI is InChI=1S/C20H32BrN/c1-3-5-6-7-8-9-10-11-17-22(16-4-2)18-19-12-14-20(21)15-13-19/h4,12-15H,2-3,5-11,16-18H2,1H3. The highest BCUT2D eigenvalue weighted by atomic mass is 79.9. The monoisotopic (exact) mass is 365 g/mol. The van der Waals surface area contributed by atoms with Gasteiger partial charge in [0, 0.05) is 17.6 Å². The fraction of sp³-hybridized carbons (Fsp3) is 0.600. The van der Waals surface area contributed by atoms with Gasteiger partial charge >= 0.3 is 0 Å². The molecule has 0 heterocycles. The molecule has 0 fully saturated rings. The summed E-state index contributed by atoms with van der Waals surface area (Å²) in [6, 6.07) is 8.65. The number of halogens is 1. The van der Waals surface area contributed by atoms with Gasteiger partial charge in [-0.1, -0.05) is 86.0 Å². The van der Waals surface area contributed by atoms with Gasteiger partial charge in [-0.25, -0.2) is 0 Å². The summed E-state index contributed by atoms with van der Waals surface area (Å²) in [5, 5.41) is 0. The van der Waals surface area contributed by atoms with Crippen LogP contribution >= 0.6 is 15.9 Å². The lowest BCUT2D eigenvalue weighted by Crippen LogP contribution is -2.24. The molecule has 0 spiro atoms. The Labute approximate surface area is 145 Å². The van der Waals surface area contributed by atoms with Crippen molar-refractivity contribution in [3.05, 3.63) is 47.0 Å². The molecule has 22 heavy (non-hydrogen) atoms. The van der Waals surface area contributed by atoms with Crippen molar-refractivity contribution in [2.75, 3.05) is 13.1 Å². The van der Waals surface area contributed by atoms with Crippen LogP contribution in [0, 0.1) is 0 Å². The first-order valence-electron chi connectivity index (χ1n) is 8.84. The number of benzene rings is 1. The van der Waals surface area contributed by atoms with E-state index in [-0.39, 0.29) is 0 Å². The van der Waals surface area contributed by atoms with Crippen LogP contribution in [0.25, 0.3) is 0 Å². The molecular weight excluding hydrogens is 334 g/mol. The molecule has 0 bridgehead atoms. The third-order valence-electron chi connectivity index (χ3n) is 4.03. The first kappa shape index (κ1) is 19.4. The van der Waals surface area contributed by atoms with Gasteiger partial charge in [0.25, 0.3) is 0 Å². The SMILES string of the molecule is C=CCN(CCCCCCCCCC)Cc1ccc(Br)cc1. The largest absolute Gasteiger partial charge is 0.295 e. The second kappa shape index (κ2) is 12.9. The molecule has 2 heteroatoms. The van der Waals surface area contributed by atoms with Gasteiger partial charge in [-0.15, -0.1) is 6.58 Å². The number of unbranched alkanes of at least 4 members (excludes halogenated alkanes) is 7. The van der Waals surface area contributed by atoms with Crippen molar-refractivity contribution in [3.63, 3.8) is 0 Å². The Balaban J connectivity index is 2.18. The van der Waals surface area contributed by atoms with Crippen LogP contribution in [0.4, 0.5) is 0 Å². The fourth-order valence-corrected chi connectivity index (χ4v) is 3.00. The number of nitrogens with zero attached hydrogens (tertiary/aromatic N) is 1. The van der Waals surface area contributed by atoms with Crippen LogP contribution in [-0.2, 0) is 6.54 Å². The molecule has 0 aromatic heterocycles. The molecule has 0 aliphatic heterocycles. The molecule has 1 aromatic carbocycles. The van der Waals surface area contributed by atoms with Crippen molar-refractivity contribution in [2.45, 2.75) is 64.8 Å². The summed E-state index contributed by atoms with van der Waals surface area (Å²) in [7, 11) is 0. The lowest BCUT2D eigenvalue weighted by Gasteiger charge is -2.20. The molecule has 1 nitrogen and oxygen atoms in total. The zero-order valence-corrected chi connectivity index (χ0v) is 15.8. The lowest BCUT2D eigenvalue weighted by atomic mass is 10.1. The van der Waals surface area contributed by atoms with E-state index >= 15 is 0 Å². The first-order chi connectivity index (χ1) is 10.8. The van der Waals surface area contributed by atoms with Gasteiger partial charge in [-0.3, -0.25) is 4.90 Å². The molecule has 0 saturated carbocycles. The third kappa shape index (κ3) is 9.42. The molecule has 0 aliphatic carbocycles. The Kier molecular flexibility index (Phi) is 11.4. The summed E-state index contributed by atoms with van der Waals surface area (Å²) < 4.78 is 1.15. The predicted octanol–water partition coefficient (Wildman–Crippen LogP) is 6.58. The summed E-state index contributed by atoms with van der Waals surface area (Å²) in [6.07, 6.45) is 13.1. The van der Waals surface area contributed by atoms with Gasteiger partial charge in [0.2, 0.25) is 0 Å². The van der Waals surface area contributed by atoms with E-state index in [1.54, 1.807) is 0 Å². The Bertz CT molecular complexity index is 385. The van der Waals surface area contributed by atoms with Gasteiger partial charge in [0.15, 0.2) is 0 Å². The summed E-state index contributed by atoms with van der Waals surface area (Å²) in [4.78, 5) is 2.49. The van der Waals surface area contributed by atoms with Gasteiger partial charge in [0.1, 0.15) is 0 Å². The summed E-state index contributed by atoms with van der Waals surface area (Å²) >= 11 is 3.49. The van der Waals surface area contributed by atoms with E-state index in [9.17, 15) is 0 Å². The zero-order valence-electron chi connectivity index (χ0n) is 14.2. The first-order valence-corrected chi connectivity index (χ1v) is 9.63. The minimum atomic E-state index is 0.979. The van der Waals surface area contributed by atoms with Crippen LogP contribution in [0.15, 0.2) is 41.4 Å². The minimum Gasteiger partial charge on any atom is -0.295 e. The van der Waals surface area contributed by atoms with E-state index in [4.69, 9.17) is 0 Å². The molecule has 0 N–H and O–H groups in total. The maximum Gasteiger partial charge on any atom is 0.0237 e. The highest BCUT2D eigenvalue weighted by Crippen LogP contribution is 2.13. The van der Waals surface area contributed by atoms with Crippen molar-refractivity contribution >= 4 is 15.9 Å². The van der Waals surface area contributed by atoms with E-state index in [0.717, 1.165) is 17.6 Å². The summed E-state index contributed by atoms with van der Waals surface area (Å²) in [5.74, 6) is 0. The minimum absolute atomic E-state index is 0.979. The van der Waals surface area contributed by atoms with Crippen molar-refractivity contribution in [1.82, 2.24) is 4.90 Å². The fourth-order valence-electron chi connectivity index (χ4n) is 2.73. The number of rotatable bonds is 13. The Hall–Kier alpha value is -0.600. The van der Waals surface area contributed by atoms with Gasteiger partial charge in [-0.05, 0) is 30.7 Å². The van der Waals surface area contributed by atoms with Crippen LogP contribution in [0.5, 0.6) is 0 Å². The quantitative estimate of drug-likeness (QED) is 0.282. The maximum atomic E-state index is 3.89. The third-order valence-corrected chi connectivity index (χ3v) is 4.56. The lowest BCUT2D eigenvalue weighted by molar-refractivity contribution is 0.286. The molecule has 124 valence electrons. The molecule has 0 unspecified atom stereocenters. The topological polar surface area (TPSA) is 3.24 Å². The summed E-state index contributed by atoms with van der Waals surface area (Å²) in [6.45, 7) is 9.35. The highest BCUT2D eigenvalue weighted by Gasteiger charge is 2.04. The highest BCUT2D eigenvalue weighted by molar-refractivity contribution is 9.10. The Morgan fingerprint density at radius 2 is 1.55 bits per heavy atom. The van der Waals surface area contributed by atoms with Crippen LogP contribution < -0.4 is 0 Å². The Morgan fingerprint density at radius 1 is 0.955 bits per heavy atom. The van der Waals surface area contributed by atoms with Gasteiger partial charge in [-0.2, -0.15) is 0 Å². The van der Waals surface area contributed by atoms with E-state index in [1.807, 2.05) is 6.08 Å². The molecule has 1 aromatic rings. The zero-order chi connectivity index (χ0) is 16.0. The van der Waals surface area contributed by atoms with Crippen LogP contribution in [0.1, 0.15) is 63.9 Å². The van der Waals surface area contributed by atoms with Crippen molar-refractivity contribution in [2.24, 2.45) is 0 Å². The number of hydrogen-bond acceptors (Lipinski definition) is 1. The van der Waals surface area contributed by atoms with Crippen molar-refractivity contribution < 1.29 is 0 Å². The number of hydrogen-bond donors (Lipinski definition) is 0. The average Bonchev–Trinajstić information content (AvgIpc) is 2.52. The normalized spacial score (nSPS) is 11.0. The second-order valence-electron chi connectivity index (χ2n) is 6.13. The molecule has 0 amide bonds. The van der Waals surface area contributed by atoms with E-state index < -0.39 is 0 Å². The Morgan fingerprint density at radius 3 is 2.14 bits per heavy atom. The van der Waals surface area contributed by atoms with E-state index in [2.05, 4.69) is 58.6 Å². The smallest absolute Gasteiger partial charge is 0.0237 e. The average molecular weight is 366 g/mol. The van der Waals surface area contributed by atoms with Crippen molar-refractivity contribution in [3.8, 4) is 0 Å². The van der Waals surface area contributed by atoms with Gasteiger partial charge in [0.05, 0.1) is 0 Å². The second-order valence-corrected chi connectivity index (χ2v) is 7.04. The molecule has 1 rings (SSSR count). The van der Waals surface area contributed by atoms with Crippen LogP contribution in [-0.4, -0.2) is 18.0 Å². The molecular formula is C20H32BrN. The van der Waals surface area contributed by atoms with Gasteiger partial charge < -0.3 is 0 Å². The summed E-state index contributed by atoms with van der Waals surface area (Å²) in [5.41, 5.74) is 1.38. The molecule has 0 radical (unpaired) electrons. The molecule has 0 aliphatic rings. The molecule has 0 atom stereocenters. The maximum absolute atomic E-state index is 3.89. The van der Waals surface area contributed by atoms with Crippen LogP contribution in [0.3, 0.4) is 0 Å².